The van der Waals surface area contributed by atoms with E-state index in [1.165, 1.54) is 0 Å². The fourth-order valence-electron chi connectivity index (χ4n) is 3.50. The molecule has 2 aromatic carbocycles. The normalized spacial score (nSPS) is 14.1. The molecule has 2 amide bonds. The van der Waals surface area contributed by atoms with Gasteiger partial charge in [-0.2, -0.15) is 0 Å². The Bertz CT molecular complexity index is 915. The van der Waals surface area contributed by atoms with Gasteiger partial charge in [-0.1, -0.05) is 74.5 Å². The monoisotopic (exact) mass is 471 g/mol. The molecular weight excluding hydrogens is 434 g/mol. The van der Waals surface area contributed by atoms with Gasteiger partial charge in [-0.15, -0.1) is 0 Å². The van der Waals surface area contributed by atoms with Crippen LogP contribution in [-0.4, -0.2) is 46.1 Å². The molecule has 0 saturated carbocycles. The maximum Gasteiger partial charge on any atom is 0.424 e. The quantitative estimate of drug-likeness (QED) is 0.289. The van der Waals surface area contributed by atoms with Crippen molar-refractivity contribution >= 4 is 12.2 Å². The predicted molar refractivity (Wildman–Crippen MR) is 131 cm³/mol. The van der Waals surface area contributed by atoms with Crippen LogP contribution in [0.5, 0.6) is 0 Å². The molecule has 0 saturated heterocycles. The lowest BCUT2D eigenvalue weighted by Crippen LogP contribution is -2.63. The van der Waals surface area contributed by atoms with Gasteiger partial charge in [0.2, 0.25) is 0 Å². The molecule has 4 N–H and O–H groups in total. The molecule has 0 aromatic heterocycles. The molecule has 8 nitrogen and oxygen atoms in total. The number of hydrogen-bond donors (Lipinski definition) is 3. The van der Waals surface area contributed by atoms with Gasteiger partial charge in [-0.05, 0) is 44.2 Å². The topological polar surface area (TPSA) is 114 Å². The first-order valence-electron chi connectivity index (χ1n) is 11.4. The van der Waals surface area contributed by atoms with Crippen molar-refractivity contribution in [3.63, 3.8) is 0 Å². The van der Waals surface area contributed by atoms with Crippen molar-refractivity contribution in [3.05, 3.63) is 71.8 Å². The van der Waals surface area contributed by atoms with Crippen LogP contribution in [0.4, 0.5) is 9.59 Å². The lowest BCUT2D eigenvalue weighted by molar-refractivity contribution is -0.0278. The number of aliphatic hydroxyl groups excluding tert-OH is 1. The molecule has 0 aliphatic heterocycles. The number of ether oxygens (including phenoxy) is 2. The number of carbonyl (C=O) groups is 2. The number of alkyl carbamates (subject to hydrolysis) is 1. The van der Waals surface area contributed by atoms with Crippen molar-refractivity contribution < 1.29 is 24.2 Å². The standard InChI is InChI=1S/C26H37N3O5/c1-19(2)26(16-20-12-8-6-9-13-20,22(30)18-34-24(32)29(27)25(3,4)5)28-23(31)33-17-21-14-10-7-11-15-21/h6-15,19,22,30H,16-18,27H2,1-5H3,(H,28,31)/t22-,26-/m0/s1. The summed E-state index contributed by atoms with van der Waals surface area (Å²) in [5.41, 5.74) is -0.0762. The second kappa shape index (κ2) is 11.9. The number of carbonyl (C=O) groups excluding carboxylic acids is 2. The lowest BCUT2D eigenvalue weighted by Gasteiger charge is -2.42. The summed E-state index contributed by atoms with van der Waals surface area (Å²) in [7, 11) is 0. The van der Waals surface area contributed by atoms with Gasteiger partial charge in [0, 0.05) is 0 Å². The highest BCUT2D eigenvalue weighted by molar-refractivity contribution is 5.69. The van der Waals surface area contributed by atoms with Gasteiger partial charge < -0.3 is 19.9 Å². The van der Waals surface area contributed by atoms with Gasteiger partial charge in [0.1, 0.15) is 19.3 Å². The Hall–Kier alpha value is -3.10. The third kappa shape index (κ3) is 7.46. The molecule has 8 heteroatoms. The number of hydrazine groups is 1. The number of nitrogens with zero attached hydrogens (tertiary/aromatic N) is 1. The lowest BCUT2D eigenvalue weighted by atomic mass is 9.76. The average Bonchev–Trinajstić information content (AvgIpc) is 2.80. The van der Waals surface area contributed by atoms with E-state index in [9.17, 15) is 14.7 Å². The first kappa shape index (κ1) is 27.1. The highest BCUT2D eigenvalue weighted by Gasteiger charge is 2.44. The highest BCUT2D eigenvalue weighted by Crippen LogP contribution is 2.28. The van der Waals surface area contributed by atoms with E-state index in [2.05, 4.69) is 5.32 Å². The fraction of sp³-hybridized carbons (Fsp3) is 0.462. The summed E-state index contributed by atoms with van der Waals surface area (Å²) in [5.74, 6) is 5.60. The van der Waals surface area contributed by atoms with E-state index >= 15 is 0 Å². The molecule has 0 heterocycles. The number of nitrogens with one attached hydrogen (secondary N) is 1. The molecule has 34 heavy (non-hydrogen) atoms. The summed E-state index contributed by atoms with van der Waals surface area (Å²) >= 11 is 0. The molecule has 186 valence electrons. The molecule has 0 bridgehead atoms. The van der Waals surface area contributed by atoms with Crippen LogP contribution in [-0.2, 0) is 22.5 Å². The van der Waals surface area contributed by atoms with E-state index in [0.717, 1.165) is 16.1 Å². The van der Waals surface area contributed by atoms with E-state index in [-0.39, 0.29) is 19.1 Å². The van der Waals surface area contributed by atoms with Gasteiger partial charge in [-0.3, -0.25) is 0 Å². The van der Waals surface area contributed by atoms with Crippen molar-refractivity contribution in [2.24, 2.45) is 11.8 Å². The Morgan fingerprint density at radius 3 is 2.00 bits per heavy atom. The number of nitrogens with two attached hydrogens (primary N) is 1. The van der Waals surface area contributed by atoms with Gasteiger partial charge in [-0.25, -0.2) is 20.4 Å². The second-order valence-electron chi connectivity index (χ2n) is 9.68. The number of amides is 2. The summed E-state index contributed by atoms with van der Waals surface area (Å²) in [6.45, 7) is 8.80. The maximum absolute atomic E-state index is 12.8. The van der Waals surface area contributed by atoms with Crippen LogP contribution in [0.1, 0.15) is 45.7 Å². The Labute approximate surface area is 202 Å². The van der Waals surface area contributed by atoms with Crippen molar-refractivity contribution in [1.29, 1.82) is 0 Å². The van der Waals surface area contributed by atoms with Crippen LogP contribution in [0.3, 0.4) is 0 Å². The molecule has 0 aliphatic carbocycles. The molecule has 0 aliphatic rings. The van der Waals surface area contributed by atoms with Crippen molar-refractivity contribution in [1.82, 2.24) is 10.3 Å². The minimum atomic E-state index is -1.23. The zero-order valence-electron chi connectivity index (χ0n) is 20.7. The van der Waals surface area contributed by atoms with E-state index in [1.807, 2.05) is 74.5 Å². The van der Waals surface area contributed by atoms with Crippen LogP contribution in [0.15, 0.2) is 60.7 Å². The molecule has 0 radical (unpaired) electrons. The predicted octanol–water partition coefficient (Wildman–Crippen LogP) is 4.02. The molecule has 2 atom stereocenters. The minimum Gasteiger partial charge on any atom is -0.446 e. The fourth-order valence-corrected chi connectivity index (χ4v) is 3.50. The number of aliphatic hydroxyl groups is 1. The Kier molecular flexibility index (Phi) is 9.46. The minimum absolute atomic E-state index is 0.0883. The largest absolute Gasteiger partial charge is 0.446 e. The molecule has 2 rings (SSSR count). The highest BCUT2D eigenvalue weighted by atomic mass is 16.6. The molecule has 2 aromatic rings. The summed E-state index contributed by atoms with van der Waals surface area (Å²) in [4.78, 5) is 25.2. The van der Waals surface area contributed by atoms with E-state index < -0.39 is 29.4 Å². The Balaban J connectivity index is 2.22. The SMILES string of the molecule is CC(C)[C@](Cc1ccccc1)(NC(=O)OCc1ccccc1)[C@@H](O)COC(=O)N(N)C(C)(C)C. The Morgan fingerprint density at radius 2 is 1.50 bits per heavy atom. The van der Waals surface area contributed by atoms with Gasteiger partial charge in [0.15, 0.2) is 0 Å². The van der Waals surface area contributed by atoms with Crippen LogP contribution >= 0.6 is 0 Å². The molecule has 0 fully saturated rings. The molecule has 0 unspecified atom stereocenters. The molecular formula is C26H37N3O5. The molecule has 0 spiro atoms. The first-order chi connectivity index (χ1) is 16.0. The van der Waals surface area contributed by atoms with E-state index in [1.54, 1.807) is 20.8 Å². The van der Waals surface area contributed by atoms with Crippen molar-refractivity contribution in [2.75, 3.05) is 6.61 Å². The van der Waals surface area contributed by atoms with Gasteiger partial charge in [0.05, 0.1) is 11.1 Å². The Morgan fingerprint density at radius 1 is 0.971 bits per heavy atom. The third-order valence-electron chi connectivity index (χ3n) is 5.80. The van der Waals surface area contributed by atoms with Crippen LogP contribution in [0.2, 0.25) is 0 Å². The average molecular weight is 472 g/mol. The number of benzene rings is 2. The maximum atomic E-state index is 12.8. The zero-order valence-corrected chi connectivity index (χ0v) is 20.7. The van der Waals surface area contributed by atoms with E-state index in [4.69, 9.17) is 15.3 Å². The van der Waals surface area contributed by atoms with Crippen LogP contribution in [0, 0.1) is 5.92 Å². The summed E-state index contributed by atoms with van der Waals surface area (Å²) in [5, 5.41) is 15.1. The van der Waals surface area contributed by atoms with Crippen molar-refractivity contribution in [2.45, 2.75) is 64.8 Å². The summed E-state index contributed by atoms with van der Waals surface area (Å²) in [6.07, 6.45) is -2.37. The van der Waals surface area contributed by atoms with Gasteiger partial charge >= 0.3 is 12.2 Å². The number of rotatable bonds is 9. The van der Waals surface area contributed by atoms with Crippen molar-refractivity contribution in [3.8, 4) is 0 Å². The van der Waals surface area contributed by atoms with E-state index in [0.29, 0.717) is 6.42 Å². The first-order valence-corrected chi connectivity index (χ1v) is 11.4. The summed E-state index contributed by atoms with van der Waals surface area (Å²) < 4.78 is 10.7. The second-order valence-corrected chi connectivity index (χ2v) is 9.68. The van der Waals surface area contributed by atoms with Crippen LogP contribution in [0.25, 0.3) is 0 Å². The smallest absolute Gasteiger partial charge is 0.424 e. The zero-order chi connectivity index (χ0) is 25.4. The summed E-state index contributed by atoms with van der Waals surface area (Å²) in [6, 6.07) is 18.8. The van der Waals surface area contributed by atoms with Crippen LogP contribution < -0.4 is 11.2 Å². The third-order valence-corrected chi connectivity index (χ3v) is 5.80. The van der Waals surface area contributed by atoms with Gasteiger partial charge in [0.25, 0.3) is 0 Å². The number of hydrogen-bond acceptors (Lipinski definition) is 6.